The van der Waals surface area contributed by atoms with Gasteiger partial charge in [-0.2, -0.15) is 4.68 Å². The molecule has 8 heteroatoms. The Labute approximate surface area is 177 Å². The predicted octanol–water partition coefficient (Wildman–Crippen LogP) is 4.11. The molecule has 0 aliphatic carbocycles. The minimum atomic E-state index is -0.136. The van der Waals surface area contributed by atoms with Crippen LogP contribution in [0.5, 0.6) is 0 Å². The number of nitrogens with zero attached hydrogens (tertiary/aromatic N) is 4. The number of nitrogens with one attached hydrogen (secondary N) is 1. The molecule has 1 amide bonds. The molecule has 0 fully saturated rings. The first-order chi connectivity index (χ1) is 14.3. The van der Waals surface area contributed by atoms with Crippen LogP contribution in [0, 0.1) is 0 Å². The van der Waals surface area contributed by atoms with E-state index in [2.05, 4.69) is 20.8 Å². The van der Waals surface area contributed by atoms with Crippen molar-refractivity contribution in [3.63, 3.8) is 0 Å². The minimum Gasteiger partial charge on any atom is -0.344 e. The van der Waals surface area contributed by atoms with E-state index in [0.29, 0.717) is 17.3 Å². The molecule has 4 aromatic rings. The Balaban J connectivity index is 1.37. The first-order valence-corrected chi connectivity index (χ1v) is 11.0. The number of thioether (sulfide) groups is 1. The second-order valence-electron chi connectivity index (χ2n) is 6.23. The molecule has 0 bridgehead atoms. The molecule has 2 aromatic heterocycles. The number of para-hydroxylation sites is 1. The molecule has 6 nitrogen and oxygen atoms in total. The molecule has 2 aromatic carbocycles. The maximum Gasteiger partial charge on any atom is 0.221 e. The molecule has 0 saturated heterocycles. The van der Waals surface area contributed by atoms with Crippen molar-refractivity contribution in [2.75, 3.05) is 5.75 Å². The van der Waals surface area contributed by atoms with Crippen LogP contribution in [0.25, 0.3) is 5.69 Å². The van der Waals surface area contributed by atoms with Crippen LogP contribution in [0.2, 0.25) is 0 Å². The third-order valence-corrected chi connectivity index (χ3v) is 6.13. The number of aromatic nitrogens is 4. The normalized spacial score (nSPS) is 11.9. The topological polar surface area (TPSA) is 72.7 Å². The van der Waals surface area contributed by atoms with Gasteiger partial charge in [-0.25, -0.2) is 0 Å². The molecule has 0 aliphatic heterocycles. The summed E-state index contributed by atoms with van der Waals surface area (Å²) in [6.45, 7) is 0. The number of benzene rings is 2. The average Bonchev–Trinajstić information content (AvgIpc) is 3.46. The maximum atomic E-state index is 12.6. The molecular weight excluding hydrogens is 402 g/mol. The smallest absolute Gasteiger partial charge is 0.221 e. The van der Waals surface area contributed by atoms with Gasteiger partial charge in [0.15, 0.2) is 0 Å². The van der Waals surface area contributed by atoms with Gasteiger partial charge in [-0.1, -0.05) is 66.4 Å². The first-order valence-electron chi connectivity index (χ1n) is 9.15. The predicted molar refractivity (Wildman–Crippen MR) is 115 cm³/mol. The third-order valence-electron chi connectivity index (χ3n) is 4.27. The van der Waals surface area contributed by atoms with Crippen molar-refractivity contribution >= 4 is 29.0 Å². The highest BCUT2D eigenvalue weighted by molar-refractivity contribution is 7.99. The number of amides is 1. The van der Waals surface area contributed by atoms with E-state index in [-0.39, 0.29) is 11.9 Å². The highest BCUT2D eigenvalue weighted by Gasteiger charge is 2.18. The molecule has 146 valence electrons. The van der Waals surface area contributed by atoms with Gasteiger partial charge < -0.3 is 5.32 Å². The Kier molecular flexibility index (Phi) is 6.33. The van der Waals surface area contributed by atoms with Crippen molar-refractivity contribution in [1.29, 1.82) is 0 Å². The Hall–Kier alpha value is -2.97. The van der Waals surface area contributed by atoms with E-state index in [1.807, 2.05) is 78.2 Å². The van der Waals surface area contributed by atoms with Crippen LogP contribution in [0.1, 0.15) is 22.9 Å². The molecule has 2 heterocycles. The lowest BCUT2D eigenvalue weighted by molar-refractivity contribution is -0.121. The van der Waals surface area contributed by atoms with Gasteiger partial charge in [0.05, 0.1) is 11.7 Å². The van der Waals surface area contributed by atoms with E-state index < -0.39 is 0 Å². The van der Waals surface area contributed by atoms with E-state index in [4.69, 9.17) is 0 Å². The summed E-state index contributed by atoms with van der Waals surface area (Å²) in [6, 6.07) is 23.6. The van der Waals surface area contributed by atoms with Gasteiger partial charge in [0.25, 0.3) is 0 Å². The molecule has 0 saturated carbocycles. The summed E-state index contributed by atoms with van der Waals surface area (Å²) < 4.78 is 1.68. The van der Waals surface area contributed by atoms with Gasteiger partial charge in [0.1, 0.15) is 0 Å². The second kappa shape index (κ2) is 9.49. The molecule has 0 spiro atoms. The van der Waals surface area contributed by atoms with E-state index in [9.17, 15) is 4.79 Å². The number of carbonyl (C=O) groups excluding carboxylic acids is 1. The fourth-order valence-electron chi connectivity index (χ4n) is 2.89. The van der Waals surface area contributed by atoms with Crippen LogP contribution in [-0.2, 0) is 4.79 Å². The van der Waals surface area contributed by atoms with Crippen molar-refractivity contribution in [3.8, 4) is 5.69 Å². The van der Waals surface area contributed by atoms with Crippen LogP contribution in [-0.4, -0.2) is 31.9 Å². The lowest BCUT2D eigenvalue weighted by Crippen LogP contribution is -2.29. The van der Waals surface area contributed by atoms with Gasteiger partial charge in [0.2, 0.25) is 11.1 Å². The van der Waals surface area contributed by atoms with E-state index in [0.717, 1.165) is 16.1 Å². The summed E-state index contributed by atoms with van der Waals surface area (Å²) in [6.07, 6.45) is 0.376. The summed E-state index contributed by atoms with van der Waals surface area (Å²) in [4.78, 5) is 13.7. The summed E-state index contributed by atoms with van der Waals surface area (Å²) in [5.74, 6) is 0.587. The Morgan fingerprint density at radius 3 is 2.52 bits per heavy atom. The highest BCUT2D eigenvalue weighted by atomic mass is 32.2. The summed E-state index contributed by atoms with van der Waals surface area (Å²) >= 11 is 3.11. The molecular formula is C21H19N5OS2. The molecule has 0 aliphatic rings. The SMILES string of the molecule is O=C(CCSc1nnnn1-c1ccccc1)NC(c1ccccc1)c1cccs1. The zero-order valence-corrected chi connectivity index (χ0v) is 17.1. The molecule has 29 heavy (non-hydrogen) atoms. The van der Waals surface area contributed by atoms with Crippen LogP contribution in [0.15, 0.2) is 83.3 Å². The van der Waals surface area contributed by atoms with Crippen molar-refractivity contribution in [1.82, 2.24) is 25.5 Å². The number of hydrogen-bond acceptors (Lipinski definition) is 6. The fraction of sp³-hybridized carbons (Fsp3) is 0.143. The first kappa shape index (κ1) is 19.4. The van der Waals surface area contributed by atoms with Gasteiger partial charge in [-0.15, -0.1) is 16.4 Å². The lowest BCUT2D eigenvalue weighted by Gasteiger charge is -2.18. The lowest BCUT2D eigenvalue weighted by atomic mass is 10.1. The minimum absolute atomic E-state index is 0.00140. The van der Waals surface area contributed by atoms with Gasteiger partial charge in [-0.3, -0.25) is 4.79 Å². The van der Waals surface area contributed by atoms with Crippen molar-refractivity contribution < 1.29 is 4.79 Å². The summed E-state index contributed by atoms with van der Waals surface area (Å²) in [5.41, 5.74) is 1.97. The van der Waals surface area contributed by atoms with Crippen molar-refractivity contribution in [2.45, 2.75) is 17.6 Å². The quantitative estimate of drug-likeness (QED) is 0.434. The molecule has 1 atom stereocenters. The van der Waals surface area contributed by atoms with Crippen molar-refractivity contribution in [2.24, 2.45) is 0 Å². The van der Waals surface area contributed by atoms with E-state index >= 15 is 0 Å². The van der Waals surface area contributed by atoms with Gasteiger partial charge in [-0.05, 0) is 39.6 Å². The number of carbonyl (C=O) groups is 1. The van der Waals surface area contributed by atoms with E-state index in [1.54, 1.807) is 16.0 Å². The van der Waals surface area contributed by atoms with Crippen LogP contribution < -0.4 is 5.32 Å². The third kappa shape index (κ3) is 4.90. The Bertz CT molecular complexity index is 1040. The maximum absolute atomic E-state index is 12.6. The second-order valence-corrected chi connectivity index (χ2v) is 8.28. The highest BCUT2D eigenvalue weighted by Crippen LogP contribution is 2.26. The average molecular weight is 422 g/mol. The van der Waals surface area contributed by atoms with Gasteiger partial charge in [0, 0.05) is 17.1 Å². The molecule has 1 unspecified atom stereocenters. The number of tetrazole rings is 1. The summed E-state index contributed by atoms with van der Waals surface area (Å²) in [7, 11) is 0. The zero-order valence-electron chi connectivity index (χ0n) is 15.5. The zero-order chi connectivity index (χ0) is 19.9. The molecule has 1 N–H and O–H groups in total. The molecule has 4 rings (SSSR count). The van der Waals surface area contributed by atoms with Crippen LogP contribution in [0.3, 0.4) is 0 Å². The number of hydrogen-bond donors (Lipinski definition) is 1. The number of thiophene rings is 1. The van der Waals surface area contributed by atoms with Gasteiger partial charge >= 0.3 is 0 Å². The van der Waals surface area contributed by atoms with Crippen LogP contribution >= 0.6 is 23.1 Å². The fourth-order valence-corrected chi connectivity index (χ4v) is 4.52. The summed E-state index contributed by atoms with van der Waals surface area (Å²) in [5, 5.41) is 17.7. The van der Waals surface area contributed by atoms with E-state index in [1.165, 1.54) is 11.8 Å². The van der Waals surface area contributed by atoms with Crippen molar-refractivity contribution in [3.05, 3.63) is 88.6 Å². The van der Waals surface area contributed by atoms with Crippen LogP contribution in [0.4, 0.5) is 0 Å². The number of rotatable bonds is 8. The standard InChI is InChI=1S/C21H19N5OS2/c27-19(22-20(18-12-7-14-28-18)16-8-3-1-4-9-16)13-15-29-21-23-24-25-26(21)17-10-5-2-6-11-17/h1-12,14,20H,13,15H2,(H,22,27). The Morgan fingerprint density at radius 2 is 1.79 bits per heavy atom. The largest absolute Gasteiger partial charge is 0.344 e. The molecule has 0 radical (unpaired) electrons. The Morgan fingerprint density at radius 1 is 1.03 bits per heavy atom. The monoisotopic (exact) mass is 421 g/mol.